The largest absolute Gasteiger partial charge is 0.341 e. The zero-order valence-electron chi connectivity index (χ0n) is 11.5. The van der Waals surface area contributed by atoms with Gasteiger partial charge in [-0.3, -0.25) is 9.59 Å². The van der Waals surface area contributed by atoms with Gasteiger partial charge in [0, 0.05) is 19.6 Å². The van der Waals surface area contributed by atoms with Gasteiger partial charge >= 0.3 is 0 Å². The number of carbonyl (C=O) groups excluding carboxylic acids is 2. The molecule has 1 aromatic rings. The maximum Gasteiger partial charge on any atom is 0.264 e. The van der Waals surface area contributed by atoms with E-state index in [1.165, 1.54) is 11.3 Å². The molecule has 0 aliphatic carbocycles. The Kier molecular flexibility index (Phi) is 4.58. The van der Waals surface area contributed by atoms with E-state index in [4.69, 9.17) is 0 Å². The van der Waals surface area contributed by atoms with E-state index in [9.17, 15) is 9.59 Å². The molecule has 0 bridgehead atoms. The summed E-state index contributed by atoms with van der Waals surface area (Å²) in [6, 6.07) is 3.42. The highest BCUT2D eigenvalue weighted by molar-refractivity contribution is 7.12. The summed E-state index contributed by atoms with van der Waals surface area (Å²) in [5.41, 5.74) is 0. The molecule has 1 atom stereocenters. The number of nitrogens with zero attached hydrogens (tertiary/aromatic N) is 2. The van der Waals surface area contributed by atoms with E-state index in [2.05, 4.69) is 0 Å². The minimum atomic E-state index is -0.269. The van der Waals surface area contributed by atoms with Crippen molar-refractivity contribution in [3.63, 3.8) is 0 Å². The number of likely N-dealkylation sites (N-methyl/N-ethyl adjacent to an activating group) is 1. The first-order valence-corrected chi connectivity index (χ1v) is 7.70. The average molecular weight is 280 g/mol. The van der Waals surface area contributed by atoms with Crippen molar-refractivity contribution in [2.45, 2.75) is 32.7 Å². The molecule has 1 fully saturated rings. The lowest BCUT2D eigenvalue weighted by Crippen LogP contribution is -2.47. The Hall–Kier alpha value is -1.36. The standard InChI is InChI=1S/C14H20N2O2S/c1-3-15(4-2)13(17)11-7-5-9-16(11)14(18)12-8-6-10-19-12/h6,8,10-11H,3-5,7,9H2,1-2H3. The lowest BCUT2D eigenvalue weighted by molar-refractivity contribution is -0.134. The molecule has 0 N–H and O–H groups in total. The van der Waals surface area contributed by atoms with Crippen LogP contribution in [0.2, 0.25) is 0 Å². The number of hydrogen-bond acceptors (Lipinski definition) is 3. The van der Waals surface area contributed by atoms with Crippen LogP contribution in [0.3, 0.4) is 0 Å². The summed E-state index contributed by atoms with van der Waals surface area (Å²) in [5.74, 6) is 0.0883. The van der Waals surface area contributed by atoms with E-state index >= 15 is 0 Å². The van der Waals surface area contributed by atoms with Crippen molar-refractivity contribution in [2.24, 2.45) is 0 Å². The number of hydrogen-bond donors (Lipinski definition) is 0. The minimum absolute atomic E-state index is 0.00185. The number of likely N-dealkylation sites (tertiary alicyclic amines) is 1. The van der Waals surface area contributed by atoms with Crippen LogP contribution < -0.4 is 0 Å². The van der Waals surface area contributed by atoms with Crippen LogP contribution in [0.4, 0.5) is 0 Å². The summed E-state index contributed by atoms with van der Waals surface area (Å²) in [7, 11) is 0. The van der Waals surface area contributed by atoms with Crippen LogP contribution in [-0.2, 0) is 4.79 Å². The fourth-order valence-corrected chi connectivity index (χ4v) is 3.23. The highest BCUT2D eigenvalue weighted by atomic mass is 32.1. The molecule has 0 radical (unpaired) electrons. The van der Waals surface area contributed by atoms with Gasteiger partial charge in [0.1, 0.15) is 6.04 Å². The first-order valence-electron chi connectivity index (χ1n) is 6.82. The van der Waals surface area contributed by atoms with Gasteiger partial charge in [-0.2, -0.15) is 0 Å². The monoisotopic (exact) mass is 280 g/mol. The predicted octanol–water partition coefficient (Wildman–Crippen LogP) is 2.22. The molecule has 1 aromatic heterocycles. The molecule has 0 spiro atoms. The Bertz CT molecular complexity index is 440. The number of rotatable bonds is 4. The van der Waals surface area contributed by atoms with Gasteiger partial charge in [-0.05, 0) is 38.1 Å². The predicted molar refractivity (Wildman–Crippen MR) is 76.3 cm³/mol. The first-order chi connectivity index (χ1) is 9.19. The third-order valence-corrected chi connectivity index (χ3v) is 4.46. The molecule has 2 amide bonds. The van der Waals surface area contributed by atoms with Crippen molar-refractivity contribution >= 4 is 23.2 Å². The van der Waals surface area contributed by atoms with Crippen molar-refractivity contribution in [3.05, 3.63) is 22.4 Å². The lowest BCUT2D eigenvalue weighted by atomic mass is 10.2. The van der Waals surface area contributed by atoms with E-state index in [0.717, 1.165) is 17.7 Å². The second-order valence-electron chi connectivity index (χ2n) is 4.64. The van der Waals surface area contributed by atoms with Crippen molar-refractivity contribution < 1.29 is 9.59 Å². The summed E-state index contributed by atoms with van der Waals surface area (Å²) < 4.78 is 0. The first kappa shape index (κ1) is 14.1. The molecule has 4 nitrogen and oxygen atoms in total. The quantitative estimate of drug-likeness (QED) is 0.848. The lowest BCUT2D eigenvalue weighted by Gasteiger charge is -2.28. The van der Waals surface area contributed by atoms with Gasteiger partial charge in [0.25, 0.3) is 5.91 Å². The highest BCUT2D eigenvalue weighted by Gasteiger charge is 2.36. The molecule has 2 heterocycles. The van der Waals surface area contributed by atoms with Gasteiger partial charge in [0.05, 0.1) is 4.88 Å². The van der Waals surface area contributed by atoms with Crippen LogP contribution in [0.1, 0.15) is 36.4 Å². The van der Waals surface area contributed by atoms with Gasteiger partial charge in [-0.1, -0.05) is 6.07 Å². The molecular formula is C14H20N2O2S. The molecule has 5 heteroatoms. The van der Waals surface area contributed by atoms with E-state index in [1.807, 2.05) is 36.3 Å². The molecule has 1 aliphatic heterocycles. The molecule has 1 saturated heterocycles. The van der Waals surface area contributed by atoms with Crippen molar-refractivity contribution in [1.82, 2.24) is 9.80 Å². The summed E-state index contributed by atoms with van der Waals surface area (Å²) in [5, 5.41) is 1.89. The molecule has 0 saturated carbocycles. The number of amides is 2. The topological polar surface area (TPSA) is 40.6 Å². The second-order valence-corrected chi connectivity index (χ2v) is 5.59. The Labute approximate surface area is 118 Å². The SMILES string of the molecule is CCN(CC)C(=O)C1CCCN1C(=O)c1cccs1. The molecule has 2 rings (SSSR count). The smallest absolute Gasteiger partial charge is 0.264 e. The average Bonchev–Trinajstić information content (AvgIpc) is 3.10. The van der Waals surface area contributed by atoms with Crippen molar-refractivity contribution in [1.29, 1.82) is 0 Å². The Balaban J connectivity index is 2.13. The fraction of sp³-hybridized carbons (Fsp3) is 0.571. The van der Waals surface area contributed by atoms with Gasteiger partial charge in [-0.15, -0.1) is 11.3 Å². The van der Waals surface area contributed by atoms with Gasteiger partial charge in [-0.25, -0.2) is 0 Å². The molecular weight excluding hydrogens is 260 g/mol. The summed E-state index contributed by atoms with van der Waals surface area (Å²) in [6.07, 6.45) is 1.70. The third-order valence-electron chi connectivity index (χ3n) is 3.61. The zero-order valence-corrected chi connectivity index (χ0v) is 12.3. The van der Waals surface area contributed by atoms with Crippen LogP contribution in [0.5, 0.6) is 0 Å². The van der Waals surface area contributed by atoms with Gasteiger partial charge < -0.3 is 9.80 Å². The minimum Gasteiger partial charge on any atom is -0.341 e. The van der Waals surface area contributed by atoms with Crippen molar-refractivity contribution in [3.8, 4) is 0 Å². The van der Waals surface area contributed by atoms with Gasteiger partial charge in [0.15, 0.2) is 0 Å². The molecule has 19 heavy (non-hydrogen) atoms. The second kappa shape index (κ2) is 6.19. The maximum atomic E-state index is 12.4. The van der Waals surface area contributed by atoms with E-state index in [0.29, 0.717) is 19.6 Å². The molecule has 104 valence electrons. The molecule has 1 unspecified atom stereocenters. The number of thiophene rings is 1. The molecule has 0 aromatic carbocycles. The third kappa shape index (κ3) is 2.81. The van der Waals surface area contributed by atoms with Crippen LogP contribution in [-0.4, -0.2) is 47.3 Å². The Morgan fingerprint density at radius 1 is 1.42 bits per heavy atom. The van der Waals surface area contributed by atoms with Crippen LogP contribution in [0.15, 0.2) is 17.5 Å². The van der Waals surface area contributed by atoms with E-state index in [1.54, 1.807) is 4.90 Å². The van der Waals surface area contributed by atoms with E-state index < -0.39 is 0 Å². The summed E-state index contributed by atoms with van der Waals surface area (Å²) in [6.45, 7) is 6.04. The summed E-state index contributed by atoms with van der Waals surface area (Å²) in [4.78, 5) is 29.1. The summed E-state index contributed by atoms with van der Waals surface area (Å²) >= 11 is 1.44. The fourth-order valence-electron chi connectivity index (χ4n) is 2.55. The van der Waals surface area contributed by atoms with Crippen LogP contribution >= 0.6 is 11.3 Å². The maximum absolute atomic E-state index is 12.4. The number of carbonyl (C=O) groups is 2. The zero-order chi connectivity index (χ0) is 13.8. The Morgan fingerprint density at radius 3 is 2.74 bits per heavy atom. The van der Waals surface area contributed by atoms with E-state index in [-0.39, 0.29) is 17.9 Å². The van der Waals surface area contributed by atoms with Crippen LogP contribution in [0, 0.1) is 0 Å². The Morgan fingerprint density at radius 2 is 2.16 bits per heavy atom. The van der Waals surface area contributed by atoms with Gasteiger partial charge in [0.2, 0.25) is 5.91 Å². The molecule has 1 aliphatic rings. The highest BCUT2D eigenvalue weighted by Crippen LogP contribution is 2.23. The van der Waals surface area contributed by atoms with Crippen LogP contribution in [0.25, 0.3) is 0 Å². The van der Waals surface area contributed by atoms with Crippen molar-refractivity contribution in [2.75, 3.05) is 19.6 Å². The normalized spacial score (nSPS) is 18.6.